The third-order valence-electron chi connectivity index (χ3n) is 5.88. The van der Waals surface area contributed by atoms with Crippen LogP contribution in [0.2, 0.25) is 0 Å². The number of aromatic nitrogens is 1. The van der Waals surface area contributed by atoms with E-state index < -0.39 is 5.60 Å². The Kier molecular flexibility index (Phi) is 5.27. The first kappa shape index (κ1) is 18.8. The normalized spacial score (nSPS) is 17.0. The fraction of sp³-hybridized carbons (Fsp3) is 0.522. The van der Waals surface area contributed by atoms with Crippen LogP contribution in [0.25, 0.3) is 11.1 Å². The van der Waals surface area contributed by atoms with Crippen LogP contribution >= 0.6 is 0 Å². The van der Waals surface area contributed by atoms with Gasteiger partial charge < -0.3 is 9.84 Å². The van der Waals surface area contributed by atoms with E-state index in [1.165, 1.54) is 25.7 Å². The predicted octanol–water partition coefficient (Wildman–Crippen LogP) is 6.40. The first-order valence-electron chi connectivity index (χ1n) is 9.86. The Morgan fingerprint density at radius 1 is 1.15 bits per heavy atom. The van der Waals surface area contributed by atoms with Gasteiger partial charge in [-0.15, -0.1) is 0 Å². The molecule has 2 unspecified atom stereocenters. The first-order valence-corrected chi connectivity index (χ1v) is 9.86. The van der Waals surface area contributed by atoms with Crippen LogP contribution in [0.15, 0.2) is 30.6 Å². The number of hydrogen-bond acceptors (Lipinski definition) is 3. The van der Waals surface area contributed by atoms with Crippen molar-refractivity contribution in [1.82, 2.24) is 4.98 Å². The number of rotatable bonds is 6. The largest absolute Gasteiger partial charge is 0.507 e. The van der Waals surface area contributed by atoms with Crippen LogP contribution in [0.5, 0.6) is 11.5 Å². The van der Waals surface area contributed by atoms with Crippen molar-refractivity contribution in [3.05, 3.63) is 41.7 Å². The molecule has 0 saturated heterocycles. The molecule has 3 heteroatoms. The van der Waals surface area contributed by atoms with Gasteiger partial charge in [-0.05, 0) is 43.4 Å². The second-order valence-electron chi connectivity index (χ2n) is 8.17. The average molecular weight is 354 g/mol. The maximum Gasteiger partial charge on any atom is 0.132 e. The zero-order chi connectivity index (χ0) is 18.9. The third-order valence-corrected chi connectivity index (χ3v) is 5.88. The number of ether oxygens (including phenoxy) is 1. The zero-order valence-corrected chi connectivity index (χ0v) is 16.7. The lowest BCUT2D eigenvalue weighted by Crippen LogP contribution is -2.29. The molecule has 0 fully saturated rings. The minimum absolute atomic E-state index is 0.298. The van der Waals surface area contributed by atoms with E-state index in [-0.39, 0.29) is 0 Å². The summed E-state index contributed by atoms with van der Waals surface area (Å²) in [6.45, 7) is 10.8. The lowest BCUT2D eigenvalue weighted by Gasteiger charge is -2.35. The Labute approximate surface area is 157 Å². The summed E-state index contributed by atoms with van der Waals surface area (Å²) in [4.78, 5) is 4.30. The number of aromatic hydroxyl groups is 1. The number of fused-ring (bicyclic) bond motifs is 3. The standard InChI is InChI=1S/C23H31NO2/c1-6-7-8-9-15(2)16(3)17-10-11-20-21(22(17)25)18-14-24-13-12-19(18)23(4,5)26-20/h10-16,25H,6-9H2,1-5H3. The second-order valence-corrected chi connectivity index (χ2v) is 8.17. The van der Waals surface area contributed by atoms with Crippen molar-refractivity contribution in [2.75, 3.05) is 0 Å². The molecule has 1 N–H and O–H groups in total. The van der Waals surface area contributed by atoms with Gasteiger partial charge >= 0.3 is 0 Å². The molecule has 2 atom stereocenters. The Hall–Kier alpha value is -2.03. The number of unbranched alkanes of at least 4 members (excludes halogenated alkanes) is 2. The molecule has 0 aliphatic carbocycles. The van der Waals surface area contributed by atoms with Gasteiger partial charge in [-0.25, -0.2) is 0 Å². The molecule has 140 valence electrons. The van der Waals surface area contributed by atoms with E-state index in [1.54, 1.807) is 6.20 Å². The SMILES string of the molecule is CCCCCC(C)C(C)c1ccc2c(c1O)-c1cnccc1C(C)(C)O2. The zero-order valence-electron chi connectivity index (χ0n) is 16.7. The van der Waals surface area contributed by atoms with Crippen molar-refractivity contribution in [2.45, 2.75) is 71.8 Å². The van der Waals surface area contributed by atoms with Crippen molar-refractivity contribution < 1.29 is 9.84 Å². The summed E-state index contributed by atoms with van der Waals surface area (Å²) in [7, 11) is 0. The smallest absolute Gasteiger partial charge is 0.132 e. The average Bonchev–Trinajstić information content (AvgIpc) is 2.61. The number of nitrogens with zero attached hydrogens (tertiary/aromatic N) is 1. The van der Waals surface area contributed by atoms with Gasteiger partial charge in [0.05, 0.1) is 5.56 Å². The highest BCUT2D eigenvalue weighted by Crippen LogP contribution is 2.51. The highest BCUT2D eigenvalue weighted by molar-refractivity contribution is 5.82. The molecular formula is C23H31NO2. The van der Waals surface area contributed by atoms with Crippen LogP contribution in [0, 0.1) is 5.92 Å². The molecule has 0 bridgehead atoms. The molecule has 1 aromatic carbocycles. The first-order chi connectivity index (χ1) is 12.4. The molecule has 0 amide bonds. The molecule has 0 saturated carbocycles. The molecule has 1 aliphatic heterocycles. The third kappa shape index (κ3) is 3.32. The fourth-order valence-corrected chi connectivity index (χ4v) is 4.02. The Morgan fingerprint density at radius 3 is 2.65 bits per heavy atom. The van der Waals surface area contributed by atoms with Gasteiger partial charge in [-0.2, -0.15) is 0 Å². The van der Waals surface area contributed by atoms with Gasteiger partial charge in [0.25, 0.3) is 0 Å². The van der Waals surface area contributed by atoms with E-state index in [1.807, 2.05) is 24.4 Å². The molecule has 2 aromatic rings. The molecule has 1 aromatic heterocycles. The van der Waals surface area contributed by atoms with Gasteiger partial charge in [-0.1, -0.05) is 52.5 Å². The van der Waals surface area contributed by atoms with Gasteiger partial charge in [0.2, 0.25) is 0 Å². The van der Waals surface area contributed by atoms with Gasteiger partial charge in [-0.3, -0.25) is 4.98 Å². The molecular weight excluding hydrogens is 322 g/mol. The van der Waals surface area contributed by atoms with Crippen molar-refractivity contribution in [3.63, 3.8) is 0 Å². The molecule has 3 rings (SSSR count). The summed E-state index contributed by atoms with van der Waals surface area (Å²) in [5, 5.41) is 11.1. The summed E-state index contributed by atoms with van der Waals surface area (Å²) in [6.07, 6.45) is 8.58. The molecule has 0 spiro atoms. The molecule has 26 heavy (non-hydrogen) atoms. The van der Waals surface area contributed by atoms with Gasteiger partial charge in [0, 0.05) is 23.5 Å². The summed E-state index contributed by atoms with van der Waals surface area (Å²) in [5.41, 5.74) is 3.40. The molecule has 2 heterocycles. The van der Waals surface area contributed by atoms with Crippen LogP contribution < -0.4 is 4.74 Å². The van der Waals surface area contributed by atoms with Crippen LogP contribution in [-0.4, -0.2) is 10.1 Å². The van der Waals surface area contributed by atoms with E-state index in [2.05, 4.69) is 39.6 Å². The fourth-order valence-electron chi connectivity index (χ4n) is 4.02. The number of hydrogen-bond donors (Lipinski definition) is 1. The number of phenols is 1. The van der Waals surface area contributed by atoms with Crippen molar-refractivity contribution >= 4 is 0 Å². The van der Waals surface area contributed by atoms with E-state index in [0.29, 0.717) is 17.6 Å². The number of pyridine rings is 1. The lowest BCUT2D eigenvalue weighted by molar-refractivity contribution is 0.105. The highest BCUT2D eigenvalue weighted by atomic mass is 16.5. The van der Waals surface area contributed by atoms with E-state index in [9.17, 15) is 5.11 Å². The van der Waals surface area contributed by atoms with E-state index in [4.69, 9.17) is 4.74 Å². The second kappa shape index (κ2) is 7.30. The highest BCUT2D eigenvalue weighted by Gasteiger charge is 2.35. The number of phenolic OH excluding ortho intramolecular Hbond substituents is 1. The minimum Gasteiger partial charge on any atom is -0.507 e. The number of benzene rings is 1. The van der Waals surface area contributed by atoms with Crippen molar-refractivity contribution in [3.8, 4) is 22.6 Å². The maximum absolute atomic E-state index is 11.1. The van der Waals surface area contributed by atoms with Crippen LogP contribution in [-0.2, 0) is 5.60 Å². The van der Waals surface area contributed by atoms with Crippen molar-refractivity contribution in [2.24, 2.45) is 5.92 Å². The molecule has 3 nitrogen and oxygen atoms in total. The quantitative estimate of drug-likeness (QED) is 0.611. The molecule has 0 radical (unpaired) electrons. The Morgan fingerprint density at radius 2 is 1.92 bits per heavy atom. The summed E-state index contributed by atoms with van der Waals surface area (Å²) >= 11 is 0. The van der Waals surface area contributed by atoms with E-state index in [0.717, 1.165) is 28.0 Å². The topological polar surface area (TPSA) is 42.4 Å². The summed E-state index contributed by atoms with van der Waals surface area (Å²) in [6, 6.07) is 6.03. The minimum atomic E-state index is -0.432. The monoisotopic (exact) mass is 353 g/mol. The summed E-state index contributed by atoms with van der Waals surface area (Å²) < 4.78 is 6.21. The van der Waals surface area contributed by atoms with Crippen LogP contribution in [0.3, 0.4) is 0 Å². The maximum atomic E-state index is 11.1. The van der Waals surface area contributed by atoms with Crippen LogP contribution in [0.1, 0.15) is 77.3 Å². The van der Waals surface area contributed by atoms with Crippen LogP contribution in [0.4, 0.5) is 0 Å². The predicted molar refractivity (Wildman–Crippen MR) is 107 cm³/mol. The van der Waals surface area contributed by atoms with Crippen molar-refractivity contribution in [1.29, 1.82) is 0 Å². The van der Waals surface area contributed by atoms with Gasteiger partial charge in [0.15, 0.2) is 0 Å². The molecule has 1 aliphatic rings. The lowest BCUT2D eigenvalue weighted by atomic mass is 9.81. The Bertz CT molecular complexity index is 782. The summed E-state index contributed by atoms with van der Waals surface area (Å²) in [5.74, 6) is 1.91. The van der Waals surface area contributed by atoms with E-state index >= 15 is 0 Å². The van der Waals surface area contributed by atoms with Gasteiger partial charge in [0.1, 0.15) is 17.1 Å². The Balaban J connectivity index is 1.99.